The maximum Gasteiger partial charge on any atom is 0.267 e. The molecule has 5 rings (SSSR count). The summed E-state index contributed by atoms with van der Waals surface area (Å²) in [5.41, 5.74) is 2.26. The van der Waals surface area contributed by atoms with Crippen molar-refractivity contribution in [2.24, 2.45) is 13.0 Å². The van der Waals surface area contributed by atoms with Crippen molar-refractivity contribution in [3.8, 4) is 28.6 Å². The fourth-order valence-electron chi connectivity index (χ4n) is 4.35. The number of benzene rings is 2. The van der Waals surface area contributed by atoms with Crippen LogP contribution in [0.15, 0.2) is 71.9 Å². The first-order valence-electron chi connectivity index (χ1n) is 13.5. The Morgan fingerprint density at radius 1 is 0.976 bits per heavy atom. The second-order valence-electron chi connectivity index (χ2n) is 10.5. The number of piperazine rings is 1. The number of nitrogens with zero attached hydrogens (tertiary/aromatic N) is 6. The van der Waals surface area contributed by atoms with Crippen LogP contribution in [0, 0.1) is 5.92 Å². The van der Waals surface area contributed by atoms with Gasteiger partial charge in [-0.3, -0.25) is 4.68 Å². The van der Waals surface area contributed by atoms with Crippen molar-refractivity contribution in [1.82, 2.24) is 24.6 Å². The molecule has 0 atom stereocenters. The Hall–Kier alpha value is -4.16. The van der Waals surface area contributed by atoms with E-state index in [-0.39, 0.29) is 16.7 Å². The molecule has 2 aromatic carbocycles. The molecule has 4 aromatic rings. The van der Waals surface area contributed by atoms with Crippen LogP contribution in [0.4, 0.5) is 11.6 Å². The molecule has 216 valence electrons. The largest absolute Gasteiger partial charge is 0.493 e. The quantitative estimate of drug-likeness (QED) is 0.295. The minimum atomic E-state index is -3.99. The number of hydrogen-bond acceptors (Lipinski definition) is 9. The van der Waals surface area contributed by atoms with E-state index < -0.39 is 10.0 Å². The Kier molecular flexibility index (Phi) is 8.41. The monoisotopic (exact) mass is 577 g/mol. The van der Waals surface area contributed by atoms with Crippen LogP contribution in [0.5, 0.6) is 17.4 Å². The lowest BCUT2D eigenvalue weighted by molar-refractivity contribution is 0.272. The molecule has 12 heteroatoms. The maximum absolute atomic E-state index is 13.1. The molecule has 0 radical (unpaired) electrons. The summed E-state index contributed by atoms with van der Waals surface area (Å²) in [7, 11) is -0.216. The van der Waals surface area contributed by atoms with Crippen LogP contribution in [0.2, 0.25) is 0 Å². The number of aryl methyl sites for hydroxylation is 1. The molecule has 3 heterocycles. The lowest BCUT2D eigenvalue weighted by Crippen LogP contribution is -2.44. The highest BCUT2D eigenvalue weighted by Gasteiger charge is 2.21. The molecule has 1 aliphatic heterocycles. The first-order chi connectivity index (χ1) is 19.7. The summed E-state index contributed by atoms with van der Waals surface area (Å²) in [4.78, 5) is 13.6. The van der Waals surface area contributed by atoms with Crippen molar-refractivity contribution >= 4 is 21.7 Å². The first-order valence-corrected chi connectivity index (χ1v) is 15.0. The molecule has 1 aliphatic rings. The zero-order valence-electron chi connectivity index (χ0n) is 23.7. The third-order valence-electron chi connectivity index (χ3n) is 6.58. The standard InChI is InChI=1S/C29H35N7O4S/c1-21(2)20-39-27-8-6-5-7-25(27)26-17-28(32-29(31-26)33-41(37,38)24-18-30-35(4)19-24)40-23-11-9-22(10-12-23)36-15-13-34(3)14-16-36/h5-12,17-19,21H,13-16,20H2,1-4H3,(H,31,32,33). The van der Waals surface area contributed by atoms with Crippen LogP contribution in [0.1, 0.15) is 13.8 Å². The van der Waals surface area contributed by atoms with Crippen LogP contribution < -0.4 is 19.1 Å². The topological polar surface area (TPSA) is 115 Å². The zero-order chi connectivity index (χ0) is 29.0. The van der Waals surface area contributed by atoms with E-state index in [2.05, 4.69) is 50.5 Å². The highest BCUT2D eigenvalue weighted by molar-refractivity contribution is 7.92. The summed E-state index contributed by atoms with van der Waals surface area (Å²) in [5.74, 6) is 1.57. The van der Waals surface area contributed by atoms with Crippen LogP contribution in [-0.2, 0) is 17.1 Å². The second kappa shape index (κ2) is 12.1. The van der Waals surface area contributed by atoms with E-state index in [0.717, 1.165) is 31.9 Å². The van der Waals surface area contributed by atoms with E-state index in [1.54, 1.807) is 13.1 Å². The number of nitrogens with one attached hydrogen (secondary N) is 1. The number of likely N-dealkylation sites (N-methyl/N-ethyl adjacent to an activating group) is 1. The van der Waals surface area contributed by atoms with Gasteiger partial charge in [-0.1, -0.05) is 26.0 Å². The second-order valence-corrected chi connectivity index (χ2v) is 12.1. The molecule has 0 amide bonds. The van der Waals surface area contributed by atoms with E-state index in [9.17, 15) is 8.42 Å². The molecular formula is C29H35N7O4S. The number of para-hydroxylation sites is 1. The summed E-state index contributed by atoms with van der Waals surface area (Å²) >= 11 is 0. The number of aromatic nitrogens is 4. The van der Waals surface area contributed by atoms with Crippen molar-refractivity contribution in [2.45, 2.75) is 18.7 Å². The Morgan fingerprint density at radius 3 is 2.39 bits per heavy atom. The number of rotatable bonds is 10. The van der Waals surface area contributed by atoms with Crippen LogP contribution >= 0.6 is 0 Å². The minimum absolute atomic E-state index is 0.00312. The van der Waals surface area contributed by atoms with Gasteiger partial charge in [0.05, 0.1) is 18.5 Å². The van der Waals surface area contributed by atoms with E-state index >= 15 is 0 Å². The average Bonchev–Trinajstić information content (AvgIpc) is 3.40. The van der Waals surface area contributed by atoms with Gasteiger partial charge in [0, 0.05) is 56.7 Å². The number of hydrogen-bond donors (Lipinski definition) is 1. The summed E-state index contributed by atoms with van der Waals surface area (Å²) in [6.45, 7) is 8.62. The molecule has 41 heavy (non-hydrogen) atoms. The predicted molar refractivity (Wildman–Crippen MR) is 158 cm³/mol. The fourth-order valence-corrected chi connectivity index (χ4v) is 5.28. The molecule has 0 spiro atoms. The van der Waals surface area contributed by atoms with Crippen molar-refractivity contribution in [1.29, 1.82) is 0 Å². The van der Waals surface area contributed by atoms with Crippen molar-refractivity contribution < 1.29 is 17.9 Å². The molecule has 1 N–H and O–H groups in total. The first kappa shape index (κ1) is 28.4. The molecule has 0 unspecified atom stereocenters. The van der Waals surface area contributed by atoms with Crippen LogP contribution in [-0.4, -0.2) is 72.9 Å². The Bertz CT molecular complexity index is 1580. The van der Waals surface area contributed by atoms with E-state index in [0.29, 0.717) is 35.3 Å². The summed E-state index contributed by atoms with van der Waals surface area (Å²) in [6.07, 6.45) is 2.67. The van der Waals surface area contributed by atoms with Crippen molar-refractivity contribution in [3.05, 3.63) is 67.0 Å². The highest BCUT2D eigenvalue weighted by Crippen LogP contribution is 2.33. The Balaban J connectivity index is 1.46. The van der Waals surface area contributed by atoms with E-state index in [1.165, 1.54) is 17.1 Å². The molecule has 0 saturated carbocycles. The number of sulfonamides is 1. The van der Waals surface area contributed by atoms with Crippen LogP contribution in [0.25, 0.3) is 11.3 Å². The normalized spacial score (nSPS) is 14.3. The molecule has 0 aliphatic carbocycles. The van der Waals surface area contributed by atoms with Gasteiger partial charge >= 0.3 is 0 Å². The fraction of sp³-hybridized carbons (Fsp3) is 0.345. The van der Waals surface area contributed by atoms with Gasteiger partial charge < -0.3 is 19.3 Å². The molecular weight excluding hydrogens is 542 g/mol. The van der Waals surface area contributed by atoms with Crippen molar-refractivity contribution in [3.63, 3.8) is 0 Å². The SMILES string of the molecule is CC(C)COc1ccccc1-c1cc(Oc2ccc(N3CCN(C)CC3)cc2)nc(NS(=O)(=O)c2cnn(C)c2)n1. The van der Waals surface area contributed by atoms with E-state index in [4.69, 9.17) is 9.47 Å². The number of anilines is 2. The summed E-state index contributed by atoms with van der Waals surface area (Å²) in [5, 5.41) is 3.96. The van der Waals surface area contributed by atoms with Gasteiger partial charge in [0.2, 0.25) is 11.8 Å². The summed E-state index contributed by atoms with van der Waals surface area (Å²) in [6, 6.07) is 17.0. The predicted octanol–water partition coefficient (Wildman–Crippen LogP) is 4.26. The molecule has 1 fully saturated rings. The zero-order valence-corrected chi connectivity index (χ0v) is 24.5. The summed E-state index contributed by atoms with van der Waals surface area (Å²) < 4.78 is 42.2. The van der Waals surface area contributed by atoms with Crippen LogP contribution in [0.3, 0.4) is 0 Å². The van der Waals surface area contributed by atoms with Gasteiger partial charge in [0.25, 0.3) is 10.0 Å². The van der Waals surface area contributed by atoms with Gasteiger partial charge in [0.15, 0.2) is 0 Å². The molecule has 0 bridgehead atoms. The average molecular weight is 578 g/mol. The van der Waals surface area contributed by atoms with Gasteiger partial charge in [-0.05, 0) is 49.4 Å². The van der Waals surface area contributed by atoms with E-state index in [1.807, 2.05) is 48.5 Å². The Morgan fingerprint density at radius 2 is 1.71 bits per heavy atom. The number of ether oxygens (including phenoxy) is 2. The van der Waals surface area contributed by atoms with Gasteiger partial charge in [-0.15, -0.1) is 0 Å². The highest BCUT2D eigenvalue weighted by atomic mass is 32.2. The third-order valence-corrected chi connectivity index (χ3v) is 7.87. The molecule has 2 aromatic heterocycles. The van der Waals surface area contributed by atoms with Gasteiger partial charge in [-0.25, -0.2) is 18.1 Å². The Labute approximate surface area is 240 Å². The smallest absolute Gasteiger partial charge is 0.267 e. The van der Waals surface area contributed by atoms with Gasteiger partial charge in [-0.2, -0.15) is 10.1 Å². The van der Waals surface area contributed by atoms with Crippen molar-refractivity contribution in [2.75, 3.05) is 49.5 Å². The lowest BCUT2D eigenvalue weighted by Gasteiger charge is -2.34. The maximum atomic E-state index is 13.1. The molecule has 1 saturated heterocycles. The molecule has 11 nitrogen and oxygen atoms in total. The third kappa shape index (κ3) is 7.14. The van der Waals surface area contributed by atoms with Gasteiger partial charge in [0.1, 0.15) is 16.4 Å². The minimum Gasteiger partial charge on any atom is -0.493 e. The lowest BCUT2D eigenvalue weighted by atomic mass is 10.1.